The smallest absolute Gasteiger partial charge is 0.321 e. The lowest BCUT2D eigenvalue weighted by atomic mass is 9.98. The van der Waals surface area contributed by atoms with E-state index in [1.54, 1.807) is 12.1 Å². The zero-order valence-electron chi connectivity index (χ0n) is 13.7. The van der Waals surface area contributed by atoms with Gasteiger partial charge in [-0.25, -0.2) is 4.39 Å². The molecule has 0 radical (unpaired) electrons. The molecule has 1 aromatic heterocycles. The Morgan fingerprint density at radius 2 is 2.00 bits per heavy atom. The molecule has 0 saturated carbocycles. The second kappa shape index (κ2) is 7.27. The van der Waals surface area contributed by atoms with Crippen LogP contribution in [-0.4, -0.2) is 21.7 Å². The molecule has 4 rings (SSSR count). The molecule has 0 amide bonds. The van der Waals surface area contributed by atoms with Crippen LogP contribution in [0.5, 0.6) is 0 Å². The summed E-state index contributed by atoms with van der Waals surface area (Å²) in [5, 5.41) is 14.0. The quantitative estimate of drug-likeness (QED) is 0.705. The van der Waals surface area contributed by atoms with Crippen LogP contribution >= 0.6 is 24.0 Å². The van der Waals surface area contributed by atoms with Gasteiger partial charge in [-0.3, -0.25) is 10.1 Å². The number of benzene rings is 2. The first-order valence-corrected chi connectivity index (χ1v) is 8.41. The van der Waals surface area contributed by atoms with Crippen LogP contribution < -0.4 is 5.32 Å². The van der Waals surface area contributed by atoms with E-state index in [9.17, 15) is 14.3 Å². The highest BCUT2D eigenvalue weighted by Gasteiger charge is 2.28. The molecule has 4 nitrogen and oxygen atoms in total. The second-order valence-electron chi connectivity index (χ2n) is 6.28. The van der Waals surface area contributed by atoms with E-state index in [4.69, 9.17) is 11.6 Å². The van der Waals surface area contributed by atoms with Crippen molar-refractivity contribution >= 4 is 40.9 Å². The first-order chi connectivity index (χ1) is 12.0. The molecule has 26 heavy (non-hydrogen) atoms. The number of nitrogens with one attached hydrogen (secondary N) is 1. The Hall–Kier alpha value is -2.08. The van der Waals surface area contributed by atoms with Gasteiger partial charge in [-0.1, -0.05) is 29.8 Å². The zero-order chi connectivity index (χ0) is 17.6. The summed E-state index contributed by atoms with van der Waals surface area (Å²) in [6.07, 6.45) is 0.430. The predicted molar refractivity (Wildman–Crippen MR) is 102 cm³/mol. The van der Waals surface area contributed by atoms with Crippen molar-refractivity contribution in [2.24, 2.45) is 0 Å². The van der Waals surface area contributed by atoms with Crippen LogP contribution in [0.25, 0.3) is 10.9 Å². The average molecular weight is 395 g/mol. The molecule has 1 aliphatic heterocycles. The summed E-state index contributed by atoms with van der Waals surface area (Å²) in [5.74, 6) is -1.11. The lowest BCUT2D eigenvalue weighted by Crippen LogP contribution is -2.42. The molecule has 2 N–H and O–H groups in total. The molecule has 2 aromatic carbocycles. The molecule has 7 heteroatoms. The molecule has 2 heterocycles. The third kappa shape index (κ3) is 3.30. The van der Waals surface area contributed by atoms with Gasteiger partial charge in [0.2, 0.25) is 0 Å². The number of hydrogen-bond acceptors (Lipinski definition) is 2. The van der Waals surface area contributed by atoms with Crippen molar-refractivity contribution in [1.82, 2.24) is 9.88 Å². The van der Waals surface area contributed by atoms with Gasteiger partial charge in [-0.05, 0) is 35.4 Å². The molecule has 0 saturated heterocycles. The first-order valence-electron chi connectivity index (χ1n) is 8.03. The van der Waals surface area contributed by atoms with E-state index in [1.165, 1.54) is 12.1 Å². The maximum Gasteiger partial charge on any atom is 0.321 e. The van der Waals surface area contributed by atoms with Gasteiger partial charge in [0.25, 0.3) is 0 Å². The lowest BCUT2D eigenvalue weighted by Gasteiger charge is -2.22. The van der Waals surface area contributed by atoms with Gasteiger partial charge in [0, 0.05) is 35.6 Å². The largest absolute Gasteiger partial charge is 0.480 e. The third-order valence-electron chi connectivity index (χ3n) is 4.73. The number of halogens is 3. The zero-order valence-corrected chi connectivity index (χ0v) is 15.3. The van der Waals surface area contributed by atoms with Gasteiger partial charge in [0.1, 0.15) is 11.9 Å². The number of carboxylic acids is 1. The molecule has 136 valence electrons. The average Bonchev–Trinajstić information content (AvgIpc) is 2.89. The van der Waals surface area contributed by atoms with E-state index >= 15 is 0 Å². The van der Waals surface area contributed by atoms with Crippen molar-refractivity contribution in [2.75, 3.05) is 0 Å². The van der Waals surface area contributed by atoms with Crippen molar-refractivity contribution in [1.29, 1.82) is 0 Å². The van der Waals surface area contributed by atoms with Gasteiger partial charge >= 0.3 is 5.97 Å². The van der Waals surface area contributed by atoms with Gasteiger partial charge in [-0.15, -0.1) is 12.4 Å². The fourth-order valence-electron chi connectivity index (χ4n) is 3.50. The van der Waals surface area contributed by atoms with E-state index in [1.807, 2.05) is 18.2 Å². The standard InChI is InChI=1S/C19H16ClFN2O2.ClH/c20-12-3-6-14-15-8-16(19(24)25)22-9-18(15)23(17(14)7-12)10-11-1-4-13(21)5-2-11;/h1-7,16,22H,8-10H2,(H,24,25);1H/t16-;/m0./s1. The summed E-state index contributed by atoms with van der Waals surface area (Å²) >= 11 is 6.18. The maximum absolute atomic E-state index is 13.2. The molecule has 0 bridgehead atoms. The summed E-state index contributed by atoms with van der Waals surface area (Å²) in [7, 11) is 0. The highest BCUT2D eigenvalue weighted by molar-refractivity contribution is 6.31. The van der Waals surface area contributed by atoms with E-state index in [-0.39, 0.29) is 18.2 Å². The van der Waals surface area contributed by atoms with E-state index < -0.39 is 12.0 Å². The van der Waals surface area contributed by atoms with Crippen LogP contribution in [0.15, 0.2) is 42.5 Å². The Labute approximate surface area is 161 Å². The number of rotatable bonds is 3. The number of nitrogens with zero attached hydrogens (tertiary/aromatic N) is 1. The normalized spacial score (nSPS) is 16.2. The predicted octanol–water partition coefficient (Wildman–Crippen LogP) is 4.00. The lowest BCUT2D eigenvalue weighted by molar-refractivity contribution is -0.139. The highest BCUT2D eigenvalue weighted by atomic mass is 35.5. The molecule has 0 aliphatic carbocycles. The maximum atomic E-state index is 13.2. The SMILES string of the molecule is Cl.O=C(O)[C@@H]1Cc2c(n(Cc3ccc(F)cc3)c3cc(Cl)ccc23)CN1. The second-order valence-corrected chi connectivity index (χ2v) is 6.71. The minimum absolute atomic E-state index is 0. The number of fused-ring (bicyclic) bond motifs is 3. The van der Waals surface area contributed by atoms with Gasteiger partial charge in [-0.2, -0.15) is 0 Å². The van der Waals surface area contributed by atoms with Crippen molar-refractivity contribution in [3.63, 3.8) is 0 Å². The highest BCUT2D eigenvalue weighted by Crippen LogP contribution is 2.32. The molecule has 1 atom stereocenters. The van der Waals surface area contributed by atoms with E-state index in [0.717, 1.165) is 27.7 Å². The first kappa shape index (κ1) is 18.7. The van der Waals surface area contributed by atoms with Gasteiger partial charge in [0.05, 0.1) is 5.52 Å². The van der Waals surface area contributed by atoms with Crippen LogP contribution in [0.4, 0.5) is 4.39 Å². The van der Waals surface area contributed by atoms with Crippen LogP contribution in [0.1, 0.15) is 16.8 Å². The molecule has 0 spiro atoms. The van der Waals surface area contributed by atoms with Crippen molar-refractivity contribution in [3.8, 4) is 0 Å². The Kier molecular flexibility index (Phi) is 5.23. The number of carboxylic acid groups (broad SMARTS) is 1. The van der Waals surface area contributed by atoms with Crippen molar-refractivity contribution in [2.45, 2.75) is 25.6 Å². The van der Waals surface area contributed by atoms with E-state index in [2.05, 4.69) is 9.88 Å². The Morgan fingerprint density at radius 1 is 1.27 bits per heavy atom. The Morgan fingerprint density at radius 3 is 2.69 bits per heavy atom. The van der Waals surface area contributed by atoms with Gasteiger partial charge < -0.3 is 9.67 Å². The summed E-state index contributed by atoms with van der Waals surface area (Å²) < 4.78 is 15.3. The molecule has 0 unspecified atom stereocenters. The minimum Gasteiger partial charge on any atom is -0.480 e. The third-order valence-corrected chi connectivity index (χ3v) is 4.96. The molecular weight excluding hydrogens is 378 g/mol. The minimum atomic E-state index is -0.848. The summed E-state index contributed by atoms with van der Waals surface area (Å²) in [5.41, 5.74) is 4.04. The van der Waals surface area contributed by atoms with Crippen LogP contribution in [0.2, 0.25) is 5.02 Å². The number of aliphatic carboxylic acids is 1. The fraction of sp³-hybridized carbons (Fsp3) is 0.211. The summed E-state index contributed by atoms with van der Waals surface area (Å²) in [6.45, 7) is 1.05. The van der Waals surface area contributed by atoms with Crippen molar-refractivity contribution in [3.05, 3.63) is 70.1 Å². The number of hydrogen-bond donors (Lipinski definition) is 2. The van der Waals surface area contributed by atoms with Crippen LogP contribution in [-0.2, 0) is 24.3 Å². The summed E-state index contributed by atoms with van der Waals surface area (Å²) in [4.78, 5) is 11.4. The molecular formula is C19H17Cl2FN2O2. The Bertz CT molecular complexity index is 970. The number of aromatic nitrogens is 1. The van der Waals surface area contributed by atoms with Crippen molar-refractivity contribution < 1.29 is 14.3 Å². The van der Waals surface area contributed by atoms with Gasteiger partial charge in [0.15, 0.2) is 0 Å². The molecule has 3 aromatic rings. The summed E-state index contributed by atoms with van der Waals surface area (Å²) in [6, 6.07) is 11.5. The Balaban J connectivity index is 0.00000196. The fourth-order valence-corrected chi connectivity index (χ4v) is 3.67. The number of carbonyl (C=O) groups is 1. The van der Waals surface area contributed by atoms with E-state index in [0.29, 0.717) is 24.5 Å². The van der Waals surface area contributed by atoms with Crippen LogP contribution in [0, 0.1) is 5.82 Å². The topological polar surface area (TPSA) is 54.3 Å². The van der Waals surface area contributed by atoms with Crippen LogP contribution in [0.3, 0.4) is 0 Å². The molecule has 1 aliphatic rings. The monoisotopic (exact) mass is 394 g/mol. The molecule has 0 fully saturated rings.